The summed E-state index contributed by atoms with van der Waals surface area (Å²) in [5.74, 6) is 0.135. The van der Waals surface area contributed by atoms with Crippen molar-refractivity contribution in [3.63, 3.8) is 0 Å². The van der Waals surface area contributed by atoms with E-state index in [1.54, 1.807) is 0 Å². The highest BCUT2D eigenvalue weighted by molar-refractivity contribution is 6.03. The zero-order chi connectivity index (χ0) is 12.3. The lowest BCUT2D eigenvalue weighted by Gasteiger charge is -2.15. The number of nitrogens with two attached hydrogens (primary N) is 1. The first kappa shape index (κ1) is 11.4. The summed E-state index contributed by atoms with van der Waals surface area (Å²) < 4.78 is 0. The topological polar surface area (TPSA) is 67.5 Å². The van der Waals surface area contributed by atoms with Gasteiger partial charge in [0.05, 0.1) is 5.71 Å². The maximum Gasteiger partial charge on any atom is 0.240 e. The summed E-state index contributed by atoms with van der Waals surface area (Å²) in [6.45, 7) is 1.99. The summed E-state index contributed by atoms with van der Waals surface area (Å²) in [5, 5.41) is 4.03. The number of hydrogen-bond donors (Lipinski definition) is 2. The number of rotatable bonds is 2. The molecule has 0 fully saturated rings. The molecule has 0 aromatic heterocycles. The van der Waals surface area contributed by atoms with E-state index in [1.807, 2.05) is 43.3 Å². The van der Waals surface area contributed by atoms with E-state index in [9.17, 15) is 4.79 Å². The maximum absolute atomic E-state index is 11.1. The molecule has 1 atom stereocenters. The molecule has 1 aliphatic rings. The summed E-state index contributed by atoms with van der Waals surface area (Å²) in [6, 6.07) is 7.60. The summed E-state index contributed by atoms with van der Waals surface area (Å²) >= 11 is 0. The summed E-state index contributed by atoms with van der Waals surface area (Å²) in [7, 11) is 0. The number of carbonyl (C=O) groups is 1. The zero-order valence-electron chi connectivity index (χ0n) is 9.68. The first-order valence-corrected chi connectivity index (χ1v) is 5.55. The Kier molecular flexibility index (Phi) is 3.23. The molecular weight excluding hydrogens is 214 g/mol. The highest BCUT2D eigenvalue weighted by Crippen LogP contribution is 2.12. The number of amides is 1. The van der Waals surface area contributed by atoms with Crippen molar-refractivity contribution < 1.29 is 4.79 Å². The molecule has 17 heavy (non-hydrogen) atoms. The summed E-state index contributed by atoms with van der Waals surface area (Å²) in [4.78, 5) is 11.1. The minimum atomic E-state index is -0.0258. The van der Waals surface area contributed by atoms with Crippen molar-refractivity contribution in [2.75, 3.05) is 5.73 Å². The number of benzene rings is 1. The van der Waals surface area contributed by atoms with E-state index in [0.717, 1.165) is 17.0 Å². The van der Waals surface area contributed by atoms with Gasteiger partial charge in [-0.2, -0.15) is 5.10 Å². The van der Waals surface area contributed by atoms with Gasteiger partial charge in [0.15, 0.2) is 0 Å². The monoisotopic (exact) mass is 229 g/mol. The van der Waals surface area contributed by atoms with Crippen molar-refractivity contribution >= 4 is 23.4 Å². The smallest absolute Gasteiger partial charge is 0.240 e. The van der Waals surface area contributed by atoms with Gasteiger partial charge >= 0.3 is 0 Å². The average molecular weight is 229 g/mol. The first-order chi connectivity index (χ1) is 8.15. The second-order valence-electron chi connectivity index (χ2n) is 4.18. The third-order valence-electron chi connectivity index (χ3n) is 2.69. The molecule has 1 aromatic rings. The molecule has 1 unspecified atom stereocenters. The van der Waals surface area contributed by atoms with Crippen molar-refractivity contribution in [1.29, 1.82) is 0 Å². The average Bonchev–Trinajstić information content (AvgIpc) is 2.30. The standard InChI is InChI=1S/C13H15N3O/c1-9-8-13(17)16-15-12(9)7-4-10-2-5-11(14)6-3-10/h2-7,9H,8,14H2,1H3,(H,16,17). The van der Waals surface area contributed by atoms with Crippen molar-refractivity contribution in [2.45, 2.75) is 13.3 Å². The molecule has 1 aromatic carbocycles. The van der Waals surface area contributed by atoms with E-state index in [1.165, 1.54) is 0 Å². The normalized spacial score (nSPS) is 20.2. The Morgan fingerprint density at radius 3 is 2.71 bits per heavy atom. The second kappa shape index (κ2) is 4.82. The number of hydrazone groups is 1. The molecule has 0 spiro atoms. The van der Waals surface area contributed by atoms with Gasteiger partial charge in [-0.15, -0.1) is 0 Å². The molecule has 0 aliphatic carbocycles. The SMILES string of the molecule is CC1CC(=O)NN=C1C=Cc1ccc(N)cc1. The van der Waals surface area contributed by atoms with E-state index in [-0.39, 0.29) is 11.8 Å². The molecule has 88 valence electrons. The largest absolute Gasteiger partial charge is 0.399 e. The predicted octanol–water partition coefficient (Wildman–Crippen LogP) is 1.79. The van der Waals surface area contributed by atoms with E-state index >= 15 is 0 Å². The molecule has 0 radical (unpaired) electrons. The number of anilines is 1. The number of nitrogens with one attached hydrogen (secondary N) is 1. The van der Waals surface area contributed by atoms with Crippen LogP contribution in [0.1, 0.15) is 18.9 Å². The Morgan fingerprint density at radius 2 is 2.06 bits per heavy atom. The maximum atomic E-state index is 11.1. The van der Waals surface area contributed by atoms with E-state index < -0.39 is 0 Å². The van der Waals surface area contributed by atoms with Crippen LogP contribution in [-0.2, 0) is 4.79 Å². The van der Waals surface area contributed by atoms with Gasteiger partial charge in [0.25, 0.3) is 0 Å². The molecule has 0 saturated heterocycles. The van der Waals surface area contributed by atoms with Crippen molar-refractivity contribution in [3.8, 4) is 0 Å². The molecule has 4 nitrogen and oxygen atoms in total. The lowest BCUT2D eigenvalue weighted by atomic mass is 9.99. The Hall–Kier alpha value is -2.10. The summed E-state index contributed by atoms with van der Waals surface area (Å²) in [6.07, 6.45) is 4.38. The van der Waals surface area contributed by atoms with Gasteiger partial charge in [-0.1, -0.05) is 25.1 Å². The molecular formula is C13H15N3O. The van der Waals surface area contributed by atoms with Gasteiger partial charge in [-0.3, -0.25) is 4.79 Å². The van der Waals surface area contributed by atoms with Crippen LogP contribution in [0.15, 0.2) is 35.4 Å². The third-order valence-corrected chi connectivity index (χ3v) is 2.69. The number of nitrogens with zero attached hydrogens (tertiary/aromatic N) is 1. The van der Waals surface area contributed by atoms with Crippen LogP contribution in [-0.4, -0.2) is 11.6 Å². The molecule has 0 saturated carbocycles. The Bertz CT molecular complexity index is 474. The first-order valence-electron chi connectivity index (χ1n) is 5.55. The van der Waals surface area contributed by atoms with Crippen LogP contribution in [0.3, 0.4) is 0 Å². The van der Waals surface area contributed by atoms with Crippen LogP contribution < -0.4 is 11.2 Å². The fourth-order valence-corrected chi connectivity index (χ4v) is 1.66. The number of allylic oxidation sites excluding steroid dienone is 1. The minimum absolute atomic E-state index is 0.0258. The van der Waals surface area contributed by atoms with Gasteiger partial charge in [0.1, 0.15) is 0 Å². The van der Waals surface area contributed by atoms with Gasteiger partial charge in [0.2, 0.25) is 5.91 Å². The van der Waals surface area contributed by atoms with Crippen molar-refractivity contribution in [2.24, 2.45) is 11.0 Å². The Labute approximate surface area is 100 Å². The van der Waals surface area contributed by atoms with Gasteiger partial charge in [-0.25, -0.2) is 5.43 Å². The lowest BCUT2D eigenvalue weighted by Crippen LogP contribution is -2.30. The highest BCUT2D eigenvalue weighted by Gasteiger charge is 2.17. The van der Waals surface area contributed by atoms with Crippen LogP contribution in [0.2, 0.25) is 0 Å². The van der Waals surface area contributed by atoms with Crippen LogP contribution >= 0.6 is 0 Å². The molecule has 1 aliphatic heterocycles. The van der Waals surface area contributed by atoms with Crippen LogP contribution in [0.25, 0.3) is 6.08 Å². The molecule has 3 N–H and O–H groups in total. The van der Waals surface area contributed by atoms with E-state index in [0.29, 0.717) is 6.42 Å². The molecule has 1 heterocycles. The minimum Gasteiger partial charge on any atom is -0.399 e. The number of hydrogen-bond acceptors (Lipinski definition) is 3. The highest BCUT2D eigenvalue weighted by atomic mass is 16.2. The fourth-order valence-electron chi connectivity index (χ4n) is 1.66. The molecule has 1 amide bonds. The third kappa shape index (κ3) is 2.93. The zero-order valence-corrected chi connectivity index (χ0v) is 9.68. The molecule has 4 heteroatoms. The lowest BCUT2D eigenvalue weighted by molar-refractivity contribution is -0.121. The number of nitrogen functional groups attached to an aromatic ring is 1. The molecule has 2 rings (SSSR count). The second-order valence-corrected chi connectivity index (χ2v) is 4.18. The van der Waals surface area contributed by atoms with Gasteiger partial charge in [0, 0.05) is 18.0 Å². The molecule has 0 bridgehead atoms. The van der Waals surface area contributed by atoms with E-state index in [2.05, 4.69) is 10.5 Å². The predicted molar refractivity (Wildman–Crippen MR) is 69.2 cm³/mol. The quantitative estimate of drug-likeness (QED) is 0.759. The Balaban J connectivity index is 2.10. The number of carbonyl (C=O) groups excluding carboxylic acids is 1. The summed E-state index contributed by atoms with van der Waals surface area (Å²) in [5.41, 5.74) is 10.8. The van der Waals surface area contributed by atoms with Gasteiger partial charge in [-0.05, 0) is 23.8 Å². The fraction of sp³-hybridized carbons (Fsp3) is 0.231. The van der Waals surface area contributed by atoms with Crippen LogP contribution in [0.5, 0.6) is 0 Å². The van der Waals surface area contributed by atoms with E-state index in [4.69, 9.17) is 5.73 Å². The van der Waals surface area contributed by atoms with Gasteiger partial charge < -0.3 is 5.73 Å². The van der Waals surface area contributed by atoms with Crippen molar-refractivity contribution in [1.82, 2.24) is 5.43 Å². The van der Waals surface area contributed by atoms with Crippen molar-refractivity contribution in [3.05, 3.63) is 35.9 Å². The van der Waals surface area contributed by atoms with Crippen LogP contribution in [0, 0.1) is 5.92 Å². The van der Waals surface area contributed by atoms with Crippen LogP contribution in [0.4, 0.5) is 5.69 Å². The Morgan fingerprint density at radius 1 is 1.35 bits per heavy atom.